The van der Waals surface area contributed by atoms with Gasteiger partial charge >= 0.3 is 0 Å². The van der Waals surface area contributed by atoms with Gasteiger partial charge in [0.1, 0.15) is 6.61 Å². The van der Waals surface area contributed by atoms with Crippen molar-refractivity contribution in [3.63, 3.8) is 0 Å². The molecule has 0 aliphatic carbocycles. The van der Waals surface area contributed by atoms with Crippen LogP contribution in [0.25, 0.3) is 0 Å². The van der Waals surface area contributed by atoms with E-state index >= 15 is 0 Å². The number of nitrogens with two attached hydrogens (primary N) is 1. The molecule has 0 saturated carbocycles. The molecule has 2 aromatic rings. The Morgan fingerprint density at radius 2 is 1.43 bits per heavy atom. The average Bonchev–Trinajstić information content (AvgIpc) is 2.45. The second-order valence-electron chi connectivity index (χ2n) is 4.03. The second kappa shape index (κ2) is 5.77. The van der Waals surface area contributed by atoms with E-state index in [1.54, 1.807) is 0 Å². The summed E-state index contributed by atoms with van der Waals surface area (Å²) in [4.78, 5) is 0. The molecule has 2 nitrogen and oxygen atoms in total. The predicted molar refractivity (Wildman–Crippen MR) is 66.4 cm³/mol. The van der Waals surface area contributed by atoms with Crippen molar-refractivity contribution in [3.05, 3.63) is 57.9 Å². The zero-order chi connectivity index (χ0) is 15.7. The molecule has 2 N–H and O–H groups in total. The minimum absolute atomic E-state index is 0.159. The van der Waals surface area contributed by atoms with Crippen LogP contribution in [0.3, 0.4) is 0 Å². The van der Waals surface area contributed by atoms with Gasteiger partial charge in [-0.05, 0) is 12.1 Å². The lowest BCUT2D eigenvalue weighted by molar-refractivity contribution is 0.254. The highest BCUT2D eigenvalue weighted by molar-refractivity contribution is 6.30. The van der Waals surface area contributed by atoms with Gasteiger partial charge in [-0.2, -0.15) is 8.78 Å². The number of ether oxygens (including phenoxy) is 1. The van der Waals surface area contributed by atoms with Gasteiger partial charge in [-0.3, -0.25) is 0 Å². The smallest absolute Gasteiger partial charge is 0.207 e. The fourth-order valence-electron chi connectivity index (χ4n) is 1.56. The number of rotatable bonds is 3. The van der Waals surface area contributed by atoms with Gasteiger partial charge in [0.25, 0.3) is 0 Å². The summed E-state index contributed by atoms with van der Waals surface area (Å²) in [7, 11) is 0. The summed E-state index contributed by atoms with van der Waals surface area (Å²) >= 11 is 5.66. The van der Waals surface area contributed by atoms with Crippen molar-refractivity contribution < 1.29 is 26.7 Å². The van der Waals surface area contributed by atoms with Gasteiger partial charge < -0.3 is 10.5 Å². The second-order valence-corrected chi connectivity index (χ2v) is 4.47. The first kappa shape index (κ1) is 15.4. The molecule has 0 fully saturated rings. The number of nitrogen functional groups attached to an aromatic ring is 1. The van der Waals surface area contributed by atoms with E-state index in [4.69, 9.17) is 17.3 Å². The molecule has 0 atom stereocenters. The Hall–Kier alpha value is -2.02. The predicted octanol–water partition coefficient (Wildman–Crippen LogP) is 4.20. The lowest BCUT2D eigenvalue weighted by Gasteiger charge is -2.11. The molecule has 0 saturated heterocycles. The van der Waals surface area contributed by atoms with Gasteiger partial charge in [0.2, 0.25) is 29.1 Å². The number of halogens is 6. The fourth-order valence-corrected chi connectivity index (χ4v) is 1.74. The van der Waals surface area contributed by atoms with Crippen LogP contribution in [-0.2, 0) is 6.61 Å². The van der Waals surface area contributed by atoms with E-state index in [-0.39, 0.29) is 11.3 Å². The topological polar surface area (TPSA) is 35.2 Å². The Labute approximate surface area is 120 Å². The largest absolute Gasteiger partial charge is 0.483 e. The monoisotopic (exact) mass is 323 g/mol. The van der Waals surface area contributed by atoms with Gasteiger partial charge in [-0.15, -0.1) is 0 Å². The van der Waals surface area contributed by atoms with Crippen LogP contribution in [0, 0.1) is 29.1 Å². The molecule has 112 valence electrons. The van der Waals surface area contributed by atoms with Crippen LogP contribution in [0.5, 0.6) is 5.75 Å². The van der Waals surface area contributed by atoms with E-state index in [1.807, 2.05) is 0 Å². The highest BCUT2D eigenvalue weighted by Gasteiger charge is 2.27. The van der Waals surface area contributed by atoms with Gasteiger partial charge in [0.05, 0.1) is 0 Å². The van der Waals surface area contributed by atoms with Gasteiger partial charge in [-0.25, -0.2) is 13.2 Å². The molecule has 0 aliphatic rings. The van der Waals surface area contributed by atoms with Crippen LogP contribution in [0.2, 0.25) is 5.02 Å². The number of hydrogen-bond donors (Lipinski definition) is 1. The van der Waals surface area contributed by atoms with E-state index in [9.17, 15) is 22.0 Å². The minimum atomic E-state index is -2.25. The summed E-state index contributed by atoms with van der Waals surface area (Å²) < 4.78 is 70.2. The Bertz CT molecular complexity index is 678. The third-order valence-corrected chi connectivity index (χ3v) is 2.88. The Kier molecular flexibility index (Phi) is 4.22. The molecule has 0 unspecified atom stereocenters. The number of hydrogen-bond acceptors (Lipinski definition) is 2. The maximum absolute atomic E-state index is 13.4. The minimum Gasteiger partial charge on any atom is -0.483 e. The van der Waals surface area contributed by atoms with Crippen molar-refractivity contribution in [2.24, 2.45) is 0 Å². The average molecular weight is 324 g/mol. The summed E-state index contributed by atoms with van der Waals surface area (Å²) in [5, 5.41) is 0.326. The molecule has 0 heterocycles. The van der Waals surface area contributed by atoms with Crippen molar-refractivity contribution in [2.45, 2.75) is 6.61 Å². The van der Waals surface area contributed by atoms with Crippen LogP contribution >= 0.6 is 11.6 Å². The van der Waals surface area contributed by atoms with Gasteiger partial charge in [0.15, 0.2) is 5.75 Å². The lowest BCUT2D eigenvalue weighted by atomic mass is 10.2. The van der Waals surface area contributed by atoms with Crippen LogP contribution in [0.1, 0.15) is 5.56 Å². The van der Waals surface area contributed by atoms with Crippen LogP contribution in [0.15, 0.2) is 18.2 Å². The number of anilines is 1. The van der Waals surface area contributed by atoms with Gasteiger partial charge in [-0.1, -0.05) is 17.7 Å². The molecule has 2 aromatic carbocycles. The molecule has 8 heteroatoms. The highest BCUT2D eigenvalue weighted by Crippen LogP contribution is 2.30. The third kappa shape index (κ3) is 2.87. The van der Waals surface area contributed by atoms with Crippen LogP contribution < -0.4 is 10.5 Å². The normalized spacial score (nSPS) is 10.8. The summed E-state index contributed by atoms with van der Waals surface area (Å²) in [6, 6.07) is 4.21. The standard InChI is InChI=1S/C13H7ClF5NO/c14-6-2-1-5(7(20)3-6)4-21-13-11(18)9(16)8(15)10(17)12(13)19/h1-3H,4,20H2. The molecular formula is C13H7ClF5NO. The fraction of sp³-hybridized carbons (Fsp3) is 0.0769. The van der Waals surface area contributed by atoms with Crippen molar-refractivity contribution in [3.8, 4) is 5.75 Å². The van der Waals surface area contributed by atoms with Crippen molar-refractivity contribution in [2.75, 3.05) is 5.73 Å². The maximum atomic E-state index is 13.4. The first-order valence-corrected chi connectivity index (χ1v) is 5.88. The van der Waals surface area contributed by atoms with E-state index in [0.29, 0.717) is 5.02 Å². The van der Waals surface area contributed by atoms with E-state index in [0.717, 1.165) is 0 Å². The van der Waals surface area contributed by atoms with Gasteiger partial charge in [0, 0.05) is 16.3 Å². The maximum Gasteiger partial charge on any atom is 0.207 e. The Morgan fingerprint density at radius 3 is 1.95 bits per heavy atom. The Balaban J connectivity index is 2.32. The summed E-state index contributed by atoms with van der Waals surface area (Å²) in [5.74, 6) is -11.8. The van der Waals surface area contributed by atoms with E-state index < -0.39 is 41.4 Å². The SMILES string of the molecule is Nc1cc(Cl)ccc1COc1c(F)c(F)c(F)c(F)c1F. The molecule has 0 radical (unpaired) electrons. The quantitative estimate of drug-likeness (QED) is 0.398. The van der Waals surface area contributed by atoms with Crippen molar-refractivity contribution in [1.29, 1.82) is 0 Å². The first-order valence-electron chi connectivity index (χ1n) is 5.51. The summed E-state index contributed by atoms with van der Waals surface area (Å²) in [5.41, 5.74) is 6.03. The molecule has 0 aliphatic heterocycles. The zero-order valence-corrected chi connectivity index (χ0v) is 10.9. The van der Waals surface area contributed by atoms with E-state index in [2.05, 4.69) is 4.74 Å². The number of benzene rings is 2. The summed E-state index contributed by atoms with van der Waals surface area (Å²) in [6.45, 7) is -0.485. The molecule has 0 amide bonds. The highest BCUT2D eigenvalue weighted by atomic mass is 35.5. The molecule has 21 heavy (non-hydrogen) atoms. The molecule has 0 aromatic heterocycles. The lowest BCUT2D eigenvalue weighted by Crippen LogP contribution is -2.08. The zero-order valence-electron chi connectivity index (χ0n) is 10.2. The summed E-state index contributed by atoms with van der Waals surface area (Å²) in [6.07, 6.45) is 0. The molecule has 2 rings (SSSR count). The van der Waals surface area contributed by atoms with Crippen LogP contribution in [0.4, 0.5) is 27.6 Å². The molecule has 0 bridgehead atoms. The Morgan fingerprint density at radius 1 is 0.905 bits per heavy atom. The first-order chi connectivity index (χ1) is 9.82. The molecular weight excluding hydrogens is 317 g/mol. The van der Waals surface area contributed by atoms with Crippen LogP contribution in [-0.4, -0.2) is 0 Å². The van der Waals surface area contributed by atoms with E-state index in [1.165, 1.54) is 18.2 Å². The van der Waals surface area contributed by atoms with Crippen molar-refractivity contribution in [1.82, 2.24) is 0 Å². The molecule has 0 spiro atoms. The van der Waals surface area contributed by atoms with Crippen molar-refractivity contribution >= 4 is 17.3 Å². The third-order valence-electron chi connectivity index (χ3n) is 2.65.